The lowest BCUT2D eigenvalue weighted by Gasteiger charge is -2.19. The summed E-state index contributed by atoms with van der Waals surface area (Å²) in [6.07, 6.45) is -2.06. The molecule has 2 rings (SSSR count). The molecular weight excluding hydrogens is 365 g/mol. The van der Waals surface area contributed by atoms with Crippen molar-refractivity contribution in [2.45, 2.75) is 25.0 Å². The van der Waals surface area contributed by atoms with E-state index in [-0.39, 0.29) is 12.8 Å². The first-order chi connectivity index (χ1) is 12.8. The van der Waals surface area contributed by atoms with Gasteiger partial charge in [-0.3, -0.25) is 4.79 Å². The molecule has 0 bridgehead atoms. The number of ketones is 1. The highest BCUT2D eigenvalue weighted by molar-refractivity contribution is 6.01. The summed E-state index contributed by atoms with van der Waals surface area (Å²) in [4.78, 5) is 12.9. The van der Waals surface area contributed by atoms with Gasteiger partial charge in [-0.25, -0.2) is 13.2 Å². The molecule has 0 amide bonds. The van der Waals surface area contributed by atoms with Crippen molar-refractivity contribution < 1.29 is 37.7 Å². The number of methoxy groups -OCH3 is 2. The van der Waals surface area contributed by atoms with Crippen LogP contribution in [0.25, 0.3) is 0 Å². The lowest BCUT2D eigenvalue weighted by atomic mass is 9.86. The number of carbonyl (C=O) groups excluding carboxylic acids is 1. The molecule has 0 aromatic heterocycles. The molecule has 0 saturated carbocycles. The van der Waals surface area contributed by atoms with Crippen LogP contribution in [0.5, 0.6) is 11.5 Å². The van der Waals surface area contributed by atoms with Crippen molar-refractivity contribution >= 4 is 5.78 Å². The molecular formula is C19H19F3O5. The fourth-order valence-corrected chi connectivity index (χ4v) is 2.75. The van der Waals surface area contributed by atoms with Crippen LogP contribution in [0.4, 0.5) is 13.2 Å². The third kappa shape index (κ3) is 4.99. The van der Waals surface area contributed by atoms with E-state index in [0.29, 0.717) is 29.2 Å². The van der Waals surface area contributed by atoms with Crippen molar-refractivity contribution in [1.29, 1.82) is 0 Å². The van der Waals surface area contributed by atoms with Crippen LogP contribution in [-0.4, -0.2) is 36.5 Å². The maximum absolute atomic E-state index is 14.1. The Balaban J connectivity index is 2.54. The van der Waals surface area contributed by atoms with E-state index in [4.69, 9.17) is 19.7 Å². The molecule has 0 aliphatic rings. The molecule has 146 valence electrons. The highest BCUT2D eigenvalue weighted by atomic mass is 19.1. The lowest BCUT2D eigenvalue weighted by molar-refractivity contribution is -0.0468. The van der Waals surface area contributed by atoms with Gasteiger partial charge in [-0.2, -0.15) is 0 Å². The Morgan fingerprint density at radius 2 is 1.44 bits per heavy atom. The molecule has 0 saturated heterocycles. The Labute approximate surface area is 154 Å². The van der Waals surface area contributed by atoms with Crippen LogP contribution in [0.15, 0.2) is 30.3 Å². The number of rotatable bonds is 8. The Hall–Kier alpha value is -2.58. The van der Waals surface area contributed by atoms with Crippen LogP contribution in [0.1, 0.15) is 34.7 Å². The second kappa shape index (κ2) is 8.88. The average molecular weight is 384 g/mol. The largest absolute Gasteiger partial charge is 0.497 e. The van der Waals surface area contributed by atoms with Gasteiger partial charge in [0, 0.05) is 24.1 Å². The molecule has 2 aromatic carbocycles. The van der Waals surface area contributed by atoms with Gasteiger partial charge < -0.3 is 19.7 Å². The molecule has 0 heterocycles. The average Bonchev–Trinajstić information content (AvgIpc) is 2.60. The fraction of sp³-hybridized carbons (Fsp3) is 0.316. The van der Waals surface area contributed by atoms with E-state index >= 15 is 0 Å². The van der Waals surface area contributed by atoms with Gasteiger partial charge >= 0.3 is 0 Å². The zero-order valence-electron chi connectivity index (χ0n) is 14.7. The third-order valence-electron chi connectivity index (χ3n) is 4.06. The van der Waals surface area contributed by atoms with E-state index in [2.05, 4.69) is 0 Å². The van der Waals surface area contributed by atoms with Gasteiger partial charge in [0.25, 0.3) is 0 Å². The van der Waals surface area contributed by atoms with E-state index in [1.165, 1.54) is 26.4 Å². The summed E-state index contributed by atoms with van der Waals surface area (Å²) < 4.78 is 51.6. The molecule has 0 fully saturated rings. The van der Waals surface area contributed by atoms with Crippen molar-refractivity contribution in [2.75, 3.05) is 14.2 Å². The van der Waals surface area contributed by atoms with E-state index in [0.717, 1.165) is 0 Å². The standard InChI is InChI=1S/C19H19F3O5/c1-26-12-5-10(6-13(9-12)27-2)14(3-4-17(23)24)19(25)18-15(21)7-11(20)8-16(18)22/h5-9,14,17,23-24H,3-4H2,1-2H3. The fourth-order valence-electron chi connectivity index (χ4n) is 2.75. The zero-order chi connectivity index (χ0) is 20.1. The van der Waals surface area contributed by atoms with E-state index in [1.807, 2.05) is 0 Å². The van der Waals surface area contributed by atoms with Crippen molar-refractivity contribution in [2.24, 2.45) is 0 Å². The topological polar surface area (TPSA) is 76.0 Å². The minimum absolute atomic E-state index is 0.122. The second-order valence-corrected chi connectivity index (χ2v) is 5.87. The Morgan fingerprint density at radius 3 is 1.89 bits per heavy atom. The number of hydrogen-bond donors (Lipinski definition) is 2. The Morgan fingerprint density at radius 1 is 0.926 bits per heavy atom. The van der Waals surface area contributed by atoms with Crippen LogP contribution < -0.4 is 9.47 Å². The number of benzene rings is 2. The number of carbonyl (C=O) groups is 1. The molecule has 1 unspecified atom stereocenters. The Bertz CT molecular complexity index is 778. The number of Topliss-reactive ketones (excluding diaryl/α,β-unsaturated/α-hetero) is 1. The smallest absolute Gasteiger partial charge is 0.176 e. The lowest BCUT2D eigenvalue weighted by Crippen LogP contribution is -2.19. The van der Waals surface area contributed by atoms with E-state index in [1.54, 1.807) is 6.07 Å². The number of hydrogen-bond acceptors (Lipinski definition) is 5. The van der Waals surface area contributed by atoms with Gasteiger partial charge in [0.15, 0.2) is 12.1 Å². The molecule has 1 atom stereocenters. The first-order valence-corrected chi connectivity index (χ1v) is 8.04. The summed E-state index contributed by atoms with van der Waals surface area (Å²) in [7, 11) is 2.79. The number of ether oxygens (including phenoxy) is 2. The molecule has 0 aliphatic carbocycles. The van der Waals surface area contributed by atoms with Crippen LogP contribution in [0.2, 0.25) is 0 Å². The SMILES string of the molecule is COc1cc(OC)cc(C(CCC(O)O)C(=O)c2c(F)cc(F)cc2F)c1. The van der Waals surface area contributed by atoms with Gasteiger partial charge in [-0.15, -0.1) is 0 Å². The molecule has 2 N–H and O–H groups in total. The predicted octanol–water partition coefficient (Wildman–Crippen LogP) is 3.18. The monoisotopic (exact) mass is 384 g/mol. The molecule has 2 aromatic rings. The van der Waals surface area contributed by atoms with Crippen molar-refractivity contribution in [3.05, 3.63) is 58.9 Å². The van der Waals surface area contributed by atoms with Gasteiger partial charge in [-0.05, 0) is 30.5 Å². The van der Waals surface area contributed by atoms with Crippen molar-refractivity contribution in [1.82, 2.24) is 0 Å². The highest BCUT2D eigenvalue weighted by Crippen LogP contribution is 2.33. The summed E-state index contributed by atoms with van der Waals surface area (Å²) >= 11 is 0. The highest BCUT2D eigenvalue weighted by Gasteiger charge is 2.29. The van der Waals surface area contributed by atoms with Gasteiger partial charge in [0.1, 0.15) is 29.0 Å². The second-order valence-electron chi connectivity index (χ2n) is 5.87. The van der Waals surface area contributed by atoms with Crippen LogP contribution in [-0.2, 0) is 0 Å². The van der Waals surface area contributed by atoms with Crippen LogP contribution in [0.3, 0.4) is 0 Å². The Kier molecular flexibility index (Phi) is 6.81. The molecule has 0 spiro atoms. The van der Waals surface area contributed by atoms with Crippen molar-refractivity contribution in [3.63, 3.8) is 0 Å². The molecule has 5 nitrogen and oxygen atoms in total. The minimum atomic E-state index is -1.71. The third-order valence-corrected chi connectivity index (χ3v) is 4.06. The minimum Gasteiger partial charge on any atom is -0.497 e. The summed E-state index contributed by atoms with van der Waals surface area (Å²) in [6, 6.07) is 5.34. The van der Waals surface area contributed by atoms with E-state index < -0.39 is 41.0 Å². The quantitative estimate of drug-likeness (QED) is 0.540. The maximum atomic E-state index is 14.1. The molecule has 0 radical (unpaired) electrons. The van der Waals surface area contributed by atoms with Gasteiger partial charge in [-0.1, -0.05) is 0 Å². The summed E-state index contributed by atoms with van der Waals surface area (Å²) in [5.74, 6) is -5.22. The van der Waals surface area contributed by atoms with Gasteiger partial charge in [0.2, 0.25) is 0 Å². The first kappa shape index (κ1) is 20.7. The summed E-state index contributed by atoms with van der Waals surface area (Å²) in [5.41, 5.74) is -0.587. The molecule has 8 heteroatoms. The number of halogens is 3. The van der Waals surface area contributed by atoms with Crippen LogP contribution >= 0.6 is 0 Å². The number of aliphatic hydroxyl groups excluding tert-OH is 1. The number of aliphatic hydroxyl groups is 2. The summed E-state index contributed by atoms with van der Waals surface area (Å²) in [6.45, 7) is 0. The van der Waals surface area contributed by atoms with Gasteiger partial charge in [0.05, 0.1) is 19.8 Å². The molecule has 27 heavy (non-hydrogen) atoms. The van der Waals surface area contributed by atoms with E-state index in [9.17, 15) is 18.0 Å². The summed E-state index contributed by atoms with van der Waals surface area (Å²) in [5, 5.41) is 18.3. The first-order valence-electron chi connectivity index (χ1n) is 8.04. The normalized spacial score (nSPS) is 12.1. The van der Waals surface area contributed by atoms with Crippen LogP contribution in [0, 0.1) is 17.5 Å². The molecule has 0 aliphatic heterocycles. The maximum Gasteiger partial charge on any atom is 0.176 e. The van der Waals surface area contributed by atoms with Crippen molar-refractivity contribution in [3.8, 4) is 11.5 Å². The zero-order valence-corrected chi connectivity index (χ0v) is 14.7. The predicted molar refractivity (Wildman–Crippen MR) is 90.4 cm³/mol.